The van der Waals surface area contributed by atoms with Gasteiger partial charge in [-0.15, -0.1) is 0 Å². The molecule has 0 aliphatic heterocycles. The second kappa shape index (κ2) is 11.7. The smallest absolute Gasteiger partial charge is 0.353 e. The van der Waals surface area contributed by atoms with Crippen LogP contribution in [0, 0.1) is 0 Å². The van der Waals surface area contributed by atoms with Crippen LogP contribution in [-0.4, -0.2) is 30.6 Å². The van der Waals surface area contributed by atoms with E-state index in [9.17, 15) is 17.6 Å². The zero-order valence-electron chi connectivity index (χ0n) is 20.1. The zero-order valence-corrected chi connectivity index (χ0v) is 20.1. The molecule has 0 saturated heterocycles. The minimum absolute atomic E-state index is 0.0718. The van der Waals surface area contributed by atoms with Crippen molar-refractivity contribution in [3.63, 3.8) is 0 Å². The van der Waals surface area contributed by atoms with Gasteiger partial charge < -0.3 is 4.74 Å². The first kappa shape index (κ1) is 26.8. The van der Waals surface area contributed by atoms with Gasteiger partial charge in [-0.05, 0) is 43.7 Å². The van der Waals surface area contributed by atoms with Crippen molar-refractivity contribution in [2.24, 2.45) is 0 Å². The van der Waals surface area contributed by atoms with Crippen molar-refractivity contribution in [1.82, 2.24) is 15.6 Å². The maximum atomic E-state index is 13.7. The predicted octanol–water partition coefficient (Wildman–Crippen LogP) is 6.51. The van der Waals surface area contributed by atoms with Crippen molar-refractivity contribution in [2.75, 3.05) is 13.7 Å². The van der Waals surface area contributed by atoms with E-state index in [-0.39, 0.29) is 18.7 Å². The predicted molar refractivity (Wildman–Crippen MR) is 129 cm³/mol. The highest BCUT2D eigenvalue weighted by molar-refractivity contribution is 5.62. The highest BCUT2D eigenvalue weighted by atomic mass is 19.4. The molecule has 0 amide bonds. The van der Waals surface area contributed by atoms with Crippen molar-refractivity contribution in [3.05, 3.63) is 89.7 Å². The fraction of sp³-hybridized carbons (Fsp3) is 0.370. The summed E-state index contributed by atoms with van der Waals surface area (Å²) in [4.78, 5) is 4.12. The van der Waals surface area contributed by atoms with Gasteiger partial charge in [-0.25, -0.2) is 0 Å². The molecule has 2 atom stereocenters. The maximum Gasteiger partial charge on any atom is 0.409 e. The number of aromatic nitrogens is 1. The van der Waals surface area contributed by atoms with Gasteiger partial charge in [0.1, 0.15) is 11.8 Å². The number of nitrogens with one attached hydrogen (secondary N) is 2. The summed E-state index contributed by atoms with van der Waals surface area (Å²) in [7, 11) is 1.77. The Morgan fingerprint density at radius 3 is 2.11 bits per heavy atom. The normalized spacial score (nSPS) is 14.0. The summed E-state index contributed by atoms with van der Waals surface area (Å²) in [5.41, 5.74) is 2.33. The van der Waals surface area contributed by atoms with Crippen molar-refractivity contribution in [3.8, 4) is 11.1 Å². The lowest BCUT2D eigenvalue weighted by molar-refractivity contribution is -0.159. The Kier molecular flexibility index (Phi) is 8.99. The molecule has 1 heterocycles. The van der Waals surface area contributed by atoms with Crippen LogP contribution < -0.4 is 10.6 Å². The molecule has 2 aromatic carbocycles. The third kappa shape index (κ3) is 7.59. The Hall–Kier alpha value is -2.81. The summed E-state index contributed by atoms with van der Waals surface area (Å²) >= 11 is 0. The zero-order chi connectivity index (χ0) is 25.5. The fourth-order valence-corrected chi connectivity index (χ4v) is 3.65. The molecule has 0 fully saturated rings. The number of nitrogens with zero attached hydrogens (tertiary/aromatic N) is 1. The molecule has 0 bridgehead atoms. The standard InChI is InChI=1S/C27H31F4N3O/c1-26(2,32-3)35-24(15-16-28)21-11-9-20(10-12-21)22-13-14-23(33-18-22)25(27(29,30)31)34-17-19-7-5-4-6-8-19/h4-14,18,24-25,32,34H,15-17H2,1-3H3. The van der Waals surface area contributed by atoms with Gasteiger partial charge in [0, 0.05) is 24.7 Å². The molecule has 3 rings (SSSR count). The summed E-state index contributed by atoms with van der Waals surface area (Å²) in [6.45, 7) is 3.28. The maximum absolute atomic E-state index is 13.7. The molecule has 0 aliphatic carbocycles. The van der Waals surface area contributed by atoms with Crippen LogP contribution in [-0.2, 0) is 11.3 Å². The van der Waals surface area contributed by atoms with E-state index in [2.05, 4.69) is 15.6 Å². The Bertz CT molecular complexity index is 1040. The summed E-state index contributed by atoms with van der Waals surface area (Å²) < 4.78 is 60.2. The van der Waals surface area contributed by atoms with Gasteiger partial charge in [-0.3, -0.25) is 20.0 Å². The Morgan fingerprint density at radius 2 is 1.57 bits per heavy atom. The Morgan fingerprint density at radius 1 is 0.914 bits per heavy atom. The van der Waals surface area contributed by atoms with Crippen molar-refractivity contribution in [1.29, 1.82) is 0 Å². The highest BCUT2D eigenvalue weighted by Gasteiger charge is 2.41. The highest BCUT2D eigenvalue weighted by Crippen LogP contribution is 2.33. The molecule has 0 radical (unpaired) electrons. The van der Waals surface area contributed by atoms with E-state index in [0.29, 0.717) is 5.56 Å². The second-order valence-corrected chi connectivity index (χ2v) is 8.78. The molecule has 4 nitrogen and oxygen atoms in total. The molecule has 0 saturated carbocycles. The van der Waals surface area contributed by atoms with Gasteiger partial charge in [0.05, 0.1) is 18.5 Å². The molecule has 3 aromatic rings. The monoisotopic (exact) mass is 489 g/mol. The Labute approximate surface area is 203 Å². The second-order valence-electron chi connectivity index (χ2n) is 8.78. The first-order valence-corrected chi connectivity index (χ1v) is 11.5. The third-order valence-electron chi connectivity index (χ3n) is 5.79. The molecule has 8 heteroatoms. The summed E-state index contributed by atoms with van der Waals surface area (Å²) in [5.74, 6) is 0. The van der Waals surface area contributed by atoms with Gasteiger partial charge in [0.15, 0.2) is 0 Å². The molecule has 1 aromatic heterocycles. The molecular formula is C27H31F4N3O. The van der Waals surface area contributed by atoms with Gasteiger partial charge in [0.2, 0.25) is 0 Å². The summed E-state index contributed by atoms with van der Waals surface area (Å²) in [6, 6.07) is 17.4. The largest absolute Gasteiger partial charge is 0.409 e. The van der Waals surface area contributed by atoms with Gasteiger partial charge in [0.25, 0.3) is 0 Å². The molecule has 188 valence electrons. The third-order valence-corrected chi connectivity index (χ3v) is 5.79. The van der Waals surface area contributed by atoms with Crippen LogP contribution >= 0.6 is 0 Å². The van der Waals surface area contributed by atoms with Gasteiger partial charge >= 0.3 is 6.18 Å². The van der Waals surface area contributed by atoms with Crippen LogP contribution in [0.4, 0.5) is 17.6 Å². The number of ether oxygens (including phenoxy) is 1. The summed E-state index contributed by atoms with van der Waals surface area (Å²) in [5, 5.41) is 5.61. The Balaban J connectivity index is 1.75. The number of hydrogen-bond acceptors (Lipinski definition) is 4. The summed E-state index contributed by atoms with van der Waals surface area (Å²) in [6.07, 6.45) is -3.26. The van der Waals surface area contributed by atoms with Crippen LogP contribution in [0.25, 0.3) is 11.1 Å². The van der Waals surface area contributed by atoms with E-state index >= 15 is 0 Å². The molecule has 2 N–H and O–H groups in total. The van der Waals surface area contributed by atoms with E-state index in [1.165, 1.54) is 12.3 Å². The topological polar surface area (TPSA) is 46.2 Å². The van der Waals surface area contributed by atoms with Crippen LogP contribution in [0.15, 0.2) is 72.9 Å². The number of rotatable bonds is 11. The lowest BCUT2D eigenvalue weighted by Gasteiger charge is -2.30. The van der Waals surface area contributed by atoms with Crippen LogP contribution in [0.3, 0.4) is 0 Å². The molecule has 35 heavy (non-hydrogen) atoms. The lowest BCUT2D eigenvalue weighted by atomic mass is 10.0. The molecule has 0 aliphatic rings. The average Bonchev–Trinajstić information content (AvgIpc) is 2.84. The number of hydrogen-bond donors (Lipinski definition) is 2. The first-order chi connectivity index (χ1) is 16.6. The van der Waals surface area contributed by atoms with Gasteiger partial charge in [-0.2, -0.15) is 13.2 Å². The van der Waals surface area contributed by atoms with E-state index in [1.807, 2.05) is 44.2 Å². The van der Waals surface area contributed by atoms with Gasteiger partial charge in [-0.1, -0.05) is 60.7 Å². The van der Waals surface area contributed by atoms with E-state index in [0.717, 1.165) is 16.7 Å². The van der Waals surface area contributed by atoms with Crippen molar-refractivity contribution in [2.45, 2.75) is 50.9 Å². The molecule has 2 unspecified atom stereocenters. The molecular weight excluding hydrogens is 458 g/mol. The quantitative estimate of drug-likeness (QED) is 0.238. The van der Waals surface area contributed by atoms with Crippen LogP contribution in [0.1, 0.15) is 49.2 Å². The minimum Gasteiger partial charge on any atom is -0.353 e. The number of benzene rings is 2. The number of alkyl halides is 4. The van der Waals surface area contributed by atoms with Crippen LogP contribution in [0.5, 0.6) is 0 Å². The van der Waals surface area contributed by atoms with E-state index in [4.69, 9.17) is 4.74 Å². The van der Waals surface area contributed by atoms with E-state index < -0.39 is 30.7 Å². The van der Waals surface area contributed by atoms with Crippen LogP contribution in [0.2, 0.25) is 0 Å². The minimum atomic E-state index is -4.49. The van der Waals surface area contributed by atoms with E-state index in [1.54, 1.807) is 37.4 Å². The van der Waals surface area contributed by atoms with Crippen molar-refractivity contribution < 1.29 is 22.3 Å². The number of pyridine rings is 1. The molecule has 0 spiro atoms. The number of halogens is 4. The van der Waals surface area contributed by atoms with Crippen molar-refractivity contribution >= 4 is 0 Å². The lowest BCUT2D eigenvalue weighted by Crippen LogP contribution is -2.40. The first-order valence-electron chi connectivity index (χ1n) is 11.5. The SMILES string of the molecule is CNC(C)(C)OC(CCF)c1ccc(-c2ccc(C(NCc3ccccc3)C(F)(F)F)nc2)cc1. The fourth-order valence-electron chi connectivity index (χ4n) is 3.65. The average molecular weight is 490 g/mol.